The molecule has 0 radical (unpaired) electrons. The fraction of sp³-hybridized carbons (Fsp3) is 0.467. The third-order valence-electron chi connectivity index (χ3n) is 3.33. The summed E-state index contributed by atoms with van der Waals surface area (Å²) in [5.74, 6) is 0.847. The number of nitrogens with one attached hydrogen (secondary N) is 1. The molecule has 0 aliphatic rings. The Bertz CT molecular complexity index is 533. The standard InChI is InChI=1S/C15H22N2O5/c1-10(14(18)16-15(19)22-5)17(2)9-11-6-7-12(20-3)13(8-11)21-4/h6-8,10H,9H2,1-5H3,(H,16,18,19)/t10-/m0/s1. The average Bonchev–Trinajstić information content (AvgIpc) is 2.53. The van der Waals surface area contributed by atoms with Crippen molar-refractivity contribution in [2.75, 3.05) is 28.4 Å². The topological polar surface area (TPSA) is 77.1 Å². The first-order chi connectivity index (χ1) is 10.4. The molecule has 122 valence electrons. The Labute approximate surface area is 130 Å². The van der Waals surface area contributed by atoms with Gasteiger partial charge in [0.05, 0.1) is 27.4 Å². The van der Waals surface area contributed by atoms with Gasteiger partial charge in [-0.3, -0.25) is 15.0 Å². The molecule has 0 saturated carbocycles. The monoisotopic (exact) mass is 310 g/mol. The summed E-state index contributed by atoms with van der Waals surface area (Å²) in [6.07, 6.45) is -0.767. The number of ether oxygens (including phenoxy) is 3. The van der Waals surface area contributed by atoms with Crippen molar-refractivity contribution in [3.63, 3.8) is 0 Å². The lowest BCUT2D eigenvalue weighted by Gasteiger charge is -2.23. The van der Waals surface area contributed by atoms with E-state index in [9.17, 15) is 9.59 Å². The number of hydrogen-bond donors (Lipinski definition) is 1. The van der Waals surface area contributed by atoms with Crippen molar-refractivity contribution < 1.29 is 23.8 Å². The van der Waals surface area contributed by atoms with Crippen molar-refractivity contribution in [2.24, 2.45) is 0 Å². The number of nitrogens with zero attached hydrogens (tertiary/aromatic N) is 1. The molecule has 0 aliphatic carbocycles. The highest BCUT2D eigenvalue weighted by Gasteiger charge is 2.20. The van der Waals surface area contributed by atoms with E-state index in [4.69, 9.17) is 9.47 Å². The maximum atomic E-state index is 11.9. The second-order valence-electron chi connectivity index (χ2n) is 4.76. The van der Waals surface area contributed by atoms with E-state index < -0.39 is 18.0 Å². The van der Waals surface area contributed by atoms with Crippen molar-refractivity contribution in [1.82, 2.24) is 10.2 Å². The van der Waals surface area contributed by atoms with Crippen LogP contribution in [0.1, 0.15) is 12.5 Å². The van der Waals surface area contributed by atoms with Gasteiger partial charge in [0.25, 0.3) is 0 Å². The largest absolute Gasteiger partial charge is 0.493 e. The van der Waals surface area contributed by atoms with Gasteiger partial charge in [-0.05, 0) is 31.7 Å². The van der Waals surface area contributed by atoms with Gasteiger partial charge in [0, 0.05) is 6.54 Å². The van der Waals surface area contributed by atoms with Crippen LogP contribution in [0.2, 0.25) is 0 Å². The number of likely N-dealkylation sites (N-methyl/N-ethyl adjacent to an activating group) is 1. The van der Waals surface area contributed by atoms with E-state index in [0.717, 1.165) is 5.56 Å². The summed E-state index contributed by atoms with van der Waals surface area (Å²) in [4.78, 5) is 24.7. The van der Waals surface area contributed by atoms with Gasteiger partial charge in [-0.25, -0.2) is 4.79 Å². The molecule has 2 amide bonds. The van der Waals surface area contributed by atoms with Gasteiger partial charge in [0.1, 0.15) is 0 Å². The van der Waals surface area contributed by atoms with Crippen LogP contribution in [0.5, 0.6) is 11.5 Å². The molecule has 0 saturated heterocycles. The second kappa shape index (κ2) is 8.23. The molecule has 0 aromatic heterocycles. The first kappa shape index (κ1) is 17.8. The number of alkyl carbamates (subject to hydrolysis) is 1. The molecule has 0 heterocycles. The number of imide groups is 1. The Balaban J connectivity index is 2.73. The molecule has 0 bridgehead atoms. The number of hydrogen-bond acceptors (Lipinski definition) is 6. The van der Waals surface area contributed by atoms with Gasteiger partial charge in [0.2, 0.25) is 5.91 Å². The molecular weight excluding hydrogens is 288 g/mol. The number of methoxy groups -OCH3 is 3. The van der Waals surface area contributed by atoms with E-state index in [1.807, 2.05) is 12.1 Å². The molecule has 1 aromatic carbocycles. The highest BCUT2D eigenvalue weighted by atomic mass is 16.5. The van der Waals surface area contributed by atoms with E-state index in [-0.39, 0.29) is 0 Å². The van der Waals surface area contributed by atoms with E-state index in [0.29, 0.717) is 18.0 Å². The Morgan fingerprint density at radius 3 is 2.36 bits per heavy atom. The van der Waals surface area contributed by atoms with E-state index in [2.05, 4.69) is 10.1 Å². The van der Waals surface area contributed by atoms with Crippen LogP contribution in [-0.4, -0.2) is 51.3 Å². The SMILES string of the molecule is COC(=O)NC(=O)[C@H](C)N(C)Cc1ccc(OC)c(OC)c1. The van der Waals surface area contributed by atoms with Crippen LogP contribution in [0.3, 0.4) is 0 Å². The van der Waals surface area contributed by atoms with Gasteiger partial charge < -0.3 is 14.2 Å². The molecule has 0 aliphatic heterocycles. The molecule has 1 atom stereocenters. The third kappa shape index (κ3) is 4.63. The lowest BCUT2D eigenvalue weighted by molar-refractivity contribution is -0.124. The maximum Gasteiger partial charge on any atom is 0.413 e. The van der Waals surface area contributed by atoms with E-state index in [1.165, 1.54) is 7.11 Å². The molecule has 1 rings (SSSR count). The predicted molar refractivity (Wildman–Crippen MR) is 81.0 cm³/mol. The summed E-state index contributed by atoms with van der Waals surface area (Å²) in [6.45, 7) is 2.22. The summed E-state index contributed by atoms with van der Waals surface area (Å²) < 4.78 is 14.8. The van der Waals surface area contributed by atoms with E-state index in [1.54, 1.807) is 39.2 Å². The lowest BCUT2D eigenvalue weighted by Crippen LogP contribution is -2.45. The minimum atomic E-state index is -0.767. The van der Waals surface area contributed by atoms with Crippen LogP contribution in [0.4, 0.5) is 4.79 Å². The van der Waals surface area contributed by atoms with E-state index >= 15 is 0 Å². The molecule has 0 fully saturated rings. The van der Waals surface area contributed by atoms with Crippen molar-refractivity contribution in [2.45, 2.75) is 19.5 Å². The minimum Gasteiger partial charge on any atom is -0.493 e. The van der Waals surface area contributed by atoms with Gasteiger partial charge in [0.15, 0.2) is 11.5 Å². The van der Waals surface area contributed by atoms with Crippen molar-refractivity contribution in [1.29, 1.82) is 0 Å². The Morgan fingerprint density at radius 2 is 1.82 bits per heavy atom. The van der Waals surface area contributed by atoms with Crippen LogP contribution in [-0.2, 0) is 16.1 Å². The summed E-state index contributed by atoms with van der Waals surface area (Å²) >= 11 is 0. The van der Waals surface area contributed by atoms with Gasteiger partial charge in [-0.15, -0.1) is 0 Å². The summed E-state index contributed by atoms with van der Waals surface area (Å²) in [5.41, 5.74) is 0.956. The zero-order chi connectivity index (χ0) is 16.7. The normalized spacial score (nSPS) is 11.7. The second-order valence-corrected chi connectivity index (χ2v) is 4.76. The summed E-state index contributed by atoms with van der Waals surface area (Å²) in [7, 11) is 6.14. The molecule has 7 heteroatoms. The zero-order valence-electron chi connectivity index (χ0n) is 13.5. The molecule has 22 heavy (non-hydrogen) atoms. The van der Waals surface area contributed by atoms with Gasteiger partial charge in [-0.2, -0.15) is 0 Å². The van der Waals surface area contributed by atoms with Crippen LogP contribution < -0.4 is 14.8 Å². The lowest BCUT2D eigenvalue weighted by atomic mass is 10.1. The smallest absolute Gasteiger partial charge is 0.413 e. The fourth-order valence-corrected chi connectivity index (χ4v) is 1.86. The molecule has 1 N–H and O–H groups in total. The van der Waals surface area contributed by atoms with Gasteiger partial charge >= 0.3 is 6.09 Å². The van der Waals surface area contributed by atoms with Crippen molar-refractivity contribution >= 4 is 12.0 Å². The number of carbonyl (C=O) groups is 2. The number of rotatable bonds is 6. The Hall–Kier alpha value is -2.28. The summed E-state index contributed by atoms with van der Waals surface area (Å²) in [6, 6.07) is 5.05. The van der Waals surface area contributed by atoms with Crippen LogP contribution in [0.25, 0.3) is 0 Å². The highest BCUT2D eigenvalue weighted by Crippen LogP contribution is 2.28. The fourth-order valence-electron chi connectivity index (χ4n) is 1.86. The number of carbonyl (C=O) groups excluding carboxylic acids is 2. The molecule has 0 unspecified atom stereocenters. The number of amides is 2. The Morgan fingerprint density at radius 1 is 1.18 bits per heavy atom. The maximum absolute atomic E-state index is 11.9. The Kier molecular flexibility index (Phi) is 6.65. The van der Waals surface area contributed by atoms with Crippen molar-refractivity contribution in [3.8, 4) is 11.5 Å². The zero-order valence-corrected chi connectivity index (χ0v) is 13.5. The van der Waals surface area contributed by atoms with Crippen LogP contribution >= 0.6 is 0 Å². The first-order valence-electron chi connectivity index (χ1n) is 6.72. The third-order valence-corrected chi connectivity index (χ3v) is 3.33. The van der Waals surface area contributed by atoms with Crippen LogP contribution in [0, 0.1) is 0 Å². The number of benzene rings is 1. The molecule has 0 spiro atoms. The molecular formula is C15H22N2O5. The molecule has 7 nitrogen and oxygen atoms in total. The quantitative estimate of drug-likeness (QED) is 0.856. The molecule has 1 aromatic rings. The summed E-state index contributed by atoms with van der Waals surface area (Å²) in [5, 5.41) is 2.15. The van der Waals surface area contributed by atoms with Crippen LogP contribution in [0.15, 0.2) is 18.2 Å². The van der Waals surface area contributed by atoms with Gasteiger partial charge in [-0.1, -0.05) is 6.07 Å². The first-order valence-corrected chi connectivity index (χ1v) is 6.72. The predicted octanol–water partition coefficient (Wildman–Crippen LogP) is 1.41. The average molecular weight is 310 g/mol. The minimum absolute atomic E-state index is 0.421. The highest BCUT2D eigenvalue weighted by molar-refractivity contribution is 5.94. The van der Waals surface area contributed by atoms with Crippen molar-refractivity contribution in [3.05, 3.63) is 23.8 Å².